The molecule has 2 saturated heterocycles. The molecule has 0 saturated carbocycles. The number of amides is 3. The average molecular weight is 648 g/mol. The first-order valence-electron chi connectivity index (χ1n) is 14.9. The third-order valence-electron chi connectivity index (χ3n) is 7.57. The number of methoxy groups -OCH3 is 1. The lowest BCUT2D eigenvalue weighted by Gasteiger charge is -2.26. The van der Waals surface area contributed by atoms with E-state index >= 15 is 0 Å². The summed E-state index contributed by atoms with van der Waals surface area (Å²) in [6.07, 6.45) is 2.56. The van der Waals surface area contributed by atoms with Gasteiger partial charge >= 0.3 is 6.03 Å². The Balaban J connectivity index is 1.10. The molecule has 3 aromatic carbocycles. The van der Waals surface area contributed by atoms with Crippen molar-refractivity contribution in [1.29, 1.82) is 0 Å². The summed E-state index contributed by atoms with van der Waals surface area (Å²) in [6.45, 7) is 4.94. The molecule has 2 aliphatic heterocycles. The summed E-state index contributed by atoms with van der Waals surface area (Å²) in [4.78, 5) is 32.0. The number of ether oxygens (including phenoxy) is 4. The molecule has 2 N–H and O–H groups in total. The Morgan fingerprint density at radius 2 is 1.87 bits per heavy atom. The van der Waals surface area contributed by atoms with E-state index in [0.717, 1.165) is 50.2 Å². The number of para-hydroxylation sites is 1. The number of hydrogen-bond donors (Lipinski definition) is 2. The van der Waals surface area contributed by atoms with E-state index in [9.17, 15) is 14.0 Å². The standard InChI is InChI=1S/C33H34FN5O6S/c1-42-29-19-24-27(20-30(29)44-16-4-13-38-14-17-43-18-15-38)35-12-11-28(24)45-23-9-7-22(8-10-23)32-39(31(40)21-46-32)37-33(41)36-26-6-3-2-5-25(26)34/h2-3,5-12,19-20,32H,4,13-18,21H2,1H3,(H2,36,37,41). The van der Waals surface area contributed by atoms with Gasteiger partial charge in [-0.25, -0.2) is 19.6 Å². The van der Waals surface area contributed by atoms with E-state index < -0.39 is 17.2 Å². The number of pyridine rings is 1. The lowest BCUT2D eigenvalue weighted by molar-refractivity contribution is -0.130. The largest absolute Gasteiger partial charge is 0.493 e. The molecule has 4 aromatic rings. The highest BCUT2D eigenvalue weighted by atomic mass is 32.2. The molecule has 1 unspecified atom stereocenters. The molecule has 0 spiro atoms. The topological polar surface area (TPSA) is 114 Å². The highest BCUT2D eigenvalue weighted by Gasteiger charge is 2.34. The number of thioether (sulfide) groups is 1. The number of anilines is 1. The fourth-order valence-electron chi connectivity index (χ4n) is 5.23. The van der Waals surface area contributed by atoms with Gasteiger partial charge in [-0.2, -0.15) is 0 Å². The van der Waals surface area contributed by atoms with Gasteiger partial charge in [-0.15, -0.1) is 11.8 Å². The van der Waals surface area contributed by atoms with Crippen LogP contribution >= 0.6 is 11.8 Å². The number of halogens is 1. The van der Waals surface area contributed by atoms with E-state index in [2.05, 4.69) is 20.6 Å². The second-order valence-corrected chi connectivity index (χ2v) is 11.7. The van der Waals surface area contributed by atoms with Crippen LogP contribution in [0, 0.1) is 5.82 Å². The number of nitrogens with zero attached hydrogens (tertiary/aromatic N) is 3. The van der Waals surface area contributed by atoms with Crippen LogP contribution < -0.4 is 25.0 Å². The number of fused-ring (bicyclic) bond motifs is 1. The summed E-state index contributed by atoms with van der Waals surface area (Å²) >= 11 is 1.37. The lowest BCUT2D eigenvalue weighted by atomic mass is 10.1. The Bertz CT molecular complexity index is 1690. The molecular formula is C33H34FN5O6S. The zero-order chi connectivity index (χ0) is 31.9. The van der Waals surface area contributed by atoms with Gasteiger partial charge in [0.25, 0.3) is 5.91 Å². The number of aromatic nitrogens is 1. The zero-order valence-corrected chi connectivity index (χ0v) is 26.1. The number of urea groups is 1. The minimum atomic E-state index is -0.715. The number of carbonyl (C=O) groups excluding carboxylic acids is 2. The first-order valence-corrected chi connectivity index (χ1v) is 16.0. The van der Waals surface area contributed by atoms with E-state index in [0.29, 0.717) is 35.1 Å². The Kier molecular flexibility index (Phi) is 10.0. The highest BCUT2D eigenvalue weighted by molar-refractivity contribution is 8.00. The van der Waals surface area contributed by atoms with Crippen molar-refractivity contribution >= 4 is 40.3 Å². The molecule has 46 heavy (non-hydrogen) atoms. The van der Waals surface area contributed by atoms with E-state index in [1.54, 1.807) is 37.6 Å². The number of hydrogen-bond acceptors (Lipinski definition) is 9. The van der Waals surface area contributed by atoms with Crippen molar-refractivity contribution in [2.45, 2.75) is 11.8 Å². The van der Waals surface area contributed by atoms with Crippen LogP contribution in [-0.2, 0) is 9.53 Å². The Hall–Kier alpha value is -4.59. The van der Waals surface area contributed by atoms with Gasteiger partial charge in [0.05, 0.1) is 43.9 Å². The molecule has 240 valence electrons. The number of morpholine rings is 1. The number of nitrogens with one attached hydrogen (secondary N) is 2. The van der Waals surface area contributed by atoms with Crippen LogP contribution in [0.2, 0.25) is 0 Å². The Labute approximate surface area is 269 Å². The monoisotopic (exact) mass is 647 g/mol. The summed E-state index contributed by atoms with van der Waals surface area (Å²) in [6, 6.07) is 17.9. The normalized spacial score (nSPS) is 16.8. The molecule has 1 atom stereocenters. The highest BCUT2D eigenvalue weighted by Crippen LogP contribution is 2.40. The molecule has 0 radical (unpaired) electrons. The molecule has 11 nitrogen and oxygen atoms in total. The molecule has 0 aliphatic carbocycles. The second-order valence-electron chi connectivity index (χ2n) is 10.6. The average Bonchev–Trinajstić information content (AvgIpc) is 3.44. The lowest BCUT2D eigenvalue weighted by Crippen LogP contribution is -2.46. The molecule has 13 heteroatoms. The Morgan fingerprint density at radius 3 is 2.65 bits per heavy atom. The Morgan fingerprint density at radius 1 is 1.07 bits per heavy atom. The molecule has 2 aliphatic rings. The van der Waals surface area contributed by atoms with Crippen LogP contribution in [0.5, 0.6) is 23.0 Å². The fourth-order valence-corrected chi connectivity index (χ4v) is 6.33. The third-order valence-corrected chi connectivity index (χ3v) is 8.78. The summed E-state index contributed by atoms with van der Waals surface area (Å²) in [7, 11) is 1.60. The van der Waals surface area contributed by atoms with Gasteiger partial charge < -0.3 is 24.3 Å². The van der Waals surface area contributed by atoms with Crippen LogP contribution in [-0.4, -0.2) is 79.1 Å². The minimum absolute atomic E-state index is 0.0156. The van der Waals surface area contributed by atoms with Crippen LogP contribution in [0.15, 0.2) is 72.9 Å². The predicted octanol–water partition coefficient (Wildman–Crippen LogP) is 5.59. The molecule has 0 bridgehead atoms. The van der Waals surface area contributed by atoms with Crippen LogP contribution in [0.25, 0.3) is 10.9 Å². The predicted molar refractivity (Wildman–Crippen MR) is 173 cm³/mol. The minimum Gasteiger partial charge on any atom is -0.493 e. The van der Waals surface area contributed by atoms with Crippen molar-refractivity contribution in [3.05, 3.63) is 84.3 Å². The molecule has 6 rings (SSSR count). The van der Waals surface area contributed by atoms with Crippen LogP contribution in [0.4, 0.5) is 14.9 Å². The van der Waals surface area contributed by atoms with E-state index in [1.807, 2.05) is 24.3 Å². The smallest absolute Gasteiger partial charge is 0.338 e. The number of benzene rings is 3. The SMILES string of the molecule is COc1cc2c(Oc3ccc(C4SCC(=O)N4NC(=O)Nc4ccccc4F)cc3)ccnc2cc1OCCCN1CCOCC1. The van der Waals surface area contributed by atoms with Gasteiger partial charge in [-0.05, 0) is 48.4 Å². The maximum absolute atomic E-state index is 14.0. The molecule has 3 amide bonds. The van der Waals surface area contributed by atoms with Crippen molar-refractivity contribution in [2.75, 3.05) is 57.6 Å². The summed E-state index contributed by atoms with van der Waals surface area (Å²) in [5.41, 5.74) is 4.06. The maximum atomic E-state index is 14.0. The van der Waals surface area contributed by atoms with Crippen molar-refractivity contribution in [1.82, 2.24) is 20.3 Å². The van der Waals surface area contributed by atoms with Gasteiger partial charge in [0.2, 0.25) is 0 Å². The molecule has 1 aromatic heterocycles. The van der Waals surface area contributed by atoms with Crippen LogP contribution in [0.3, 0.4) is 0 Å². The van der Waals surface area contributed by atoms with Crippen molar-refractivity contribution in [3.63, 3.8) is 0 Å². The third kappa shape index (κ3) is 7.44. The van der Waals surface area contributed by atoms with E-state index in [4.69, 9.17) is 18.9 Å². The van der Waals surface area contributed by atoms with Crippen molar-refractivity contribution in [2.24, 2.45) is 0 Å². The second kappa shape index (κ2) is 14.7. The van der Waals surface area contributed by atoms with Gasteiger partial charge in [0.15, 0.2) is 11.5 Å². The van der Waals surface area contributed by atoms with Crippen molar-refractivity contribution < 1.29 is 32.9 Å². The van der Waals surface area contributed by atoms with Crippen molar-refractivity contribution in [3.8, 4) is 23.0 Å². The van der Waals surface area contributed by atoms with E-state index in [-0.39, 0.29) is 17.3 Å². The van der Waals surface area contributed by atoms with Gasteiger partial charge in [-0.3, -0.25) is 14.7 Å². The molecular weight excluding hydrogens is 613 g/mol. The van der Waals surface area contributed by atoms with E-state index in [1.165, 1.54) is 35.0 Å². The first-order chi connectivity index (χ1) is 22.5. The van der Waals surface area contributed by atoms with Gasteiger partial charge in [0.1, 0.15) is 22.7 Å². The van der Waals surface area contributed by atoms with Gasteiger partial charge in [-0.1, -0.05) is 24.3 Å². The first kappa shape index (κ1) is 31.4. The van der Waals surface area contributed by atoms with Gasteiger partial charge in [0, 0.05) is 37.3 Å². The summed E-state index contributed by atoms with van der Waals surface area (Å²) < 4.78 is 37.4. The summed E-state index contributed by atoms with van der Waals surface area (Å²) in [5.74, 6) is 1.72. The van der Waals surface area contributed by atoms with Crippen LogP contribution in [0.1, 0.15) is 17.4 Å². The summed E-state index contributed by atoms with van der Waals surface area (Å²) in [5, 5.41) is 3.99. The zero-order valence-electron chi connectivity index (χ0n) is 25.2. The number of carbonyl (C=O) groups is 2. The molecule has 2 fully saturated rings. The number of hydrazine groups is 1. The fraction of sp³-hybridized carbons (Fsp3) is 0.303. The number of rotatable bonds is 11. The quantitative estimate of drug-likeness (QED) is 0.201. The maximum Gasteiger partial charge on any atom is 0.338 e. The molecule has 3 heterocycles.